The van der Waals surface area contributed by atoms with E-state index in [1.54, 1.807) is 25.1 Å². The smallest absolute Gasteiger partial charge is 0.326 e. The Balaban J connectivity index is 2.12. The first-order valence-electron chi connectivity index (χ1n) is 8.84. The number of amides is 1. The van der Waals surface area contributed by atoms with Crippen molar-refractivity contribution < 1.29 is 24.2 Å². The molecular formula is C19H27NO5. The molecule has 1 amide bonds. The fourth-order valence-corrected chi connectivity index (χ4v) is 3.00. The third kappa shape index (κ3) is 4.87. The third-order valence-electron chi connectivity index (χ3n) is 4.79. The van der Waals surface area contributed by atoms with Crippen molar-refractivity contribution in [3.8, 4) is 11.5 Å². The Kier molecular flexibility index (Phi) is 6.67. The third-order valence-corrected chi connectivity index (χ3v) is 4.79. The van der Waals surface area contributed by atoms with Crippen molar-refractivity contribution >= 4 is 11.9 Å². The van der Waals surface area contributed by atoms with Crippen LogP contribution in [-0.4, -0.2) is 36.2 Å². The Bertz CT molecular complexity index is 610. The van der Waals surface area contributed by atoms with Crippen molar-refractivity contribution in [3.63, 3.8) is 0 Å². The highest BCUT2D eigenvalue weighted by Gasteiger charge is 2.26. The monoisotopic (exact) mass is 349 g/mol. The van der Waals surface area contributed by atoms with Gasteiger partial charge in [0.2, 0.25) is 0 Å². The van der Waals surface area contributed by atoms with Gasteiger partial charge in [-0.25, -0.2) is 4.79 Å². The molecule has 0 aliphatic heterocycles. The number of carbonyl (C=O) groups is 2. The van der Waals surface area contributed by atoms with Crippen LogP contribution in [0.5, 0.6) is 11.5 Å². The Morgan fingerprint density at radius 1 is 1.28 bits per heavy atom. The lowest BCUT2D eigenvalue weighted by atomic mass is 9.99. The first kappa shape index (κ1) is 19.1. The van der Waals surface area contributed by atoms with Gasteiger partial charge in [0.15, 0.2) is 11.5 Å². The molecule has 1 aromatic carbocycles. The number of hydrogen-bond donors (Lipinski definition) is 2. The van der Waals surface area contributed by atoms with Crippen LogP contribution in [0, 0.1) is 5.92 Å². The predicted molar refractivity (Wildman–Crippen MR) is 94.2 cm³/mol. The van der Waals surface area contributed by atoms with Crippen molar-refractivity contribution in [1.29, 1.82) is 0 Å². The molecule has 138 valence electrons. The number of methoxy groups -OCH3 is 1. The number of rotatable bonds is 8. The number of hydrogen-bond acceptors (Lipinski definition) is 4. The number of benzene rings is 1. The number of aliphatic carboxylic acids is 1. The molecule has 2 atom stereocenters. The van der Waals surface area contributed by atoms with Gasteiger partial charge in [0.05, 0.1) is 13.2 Å². The lowest BCUT2D eigenvalue weighted by Gasteiger charge is -2.21. The van der Waals surface area contributed by atoms with E-state index in [1.165, 1.54) is 20.0 Å². The Morgan fingerprint density at radius 3 is 2.52 bits per heavy atom. The van der Waals surface area contributed by atoms with Crippen LogP contribution in [0.1, 0.15) is 56.3 Å². The van der Waals surface area contributed by atoms with E-state index in [2.05, 4.69) is 5.32 Å². The molecule has 6 heteroatoms. The molecular weight excluding hydrogens is 322 g/mol. The summed E-state index contributed by atoms with van der Waals surface area (Å²) in [5.74, 6) is -0.528. The van der Waals surface area contributed by atoms with Crippen LogP contribution < -0.4 is 14.8 Å². The van der Waals surface area contributed by atoms with E-state index in [0.29, 0.717) is 23.5 Å². The number of carboxylic acid groups (broad SMARTS) is 1. The standard InChI is InChI=1S/C19H27NO5/c1-4-12(2)17(19(22)23)20-18(21)13-9-10-15(16(11-13)24-3)25-14-7-5-6-8-14/h9-12,14,17H,4-8H2,1-3H3,(H,20,21)(H,22,23)/t12-,17-/m0/s1. The maximum Gasteiger partial charge on any atom is 0.326 e. The highest BCUT2D eigenvalue weighted by molar-refractivity contribution is 5.97. The summed E-state index contributed by atoms with van der Waals surface area (Å²) < 4.78 is 11.3. The minimum absolute atomic E-state index is 0.159. The van der Waals surface area contributed by atoms with Crippen molar-refractivity contribution in [3.05, 3.63) is 23.8 Å². The van der Waals surface area contributed by atoms with Crippen molar-refractivity contribution in [1.82, 2.24) is 5.32 Å². The molecule has 0 radical (unpaired) electrons. The van der Waals surface area contributed by atoms with Crippen LogP contribution in [0.25, 0.3) is 0 Å². The molecule has 0 bridgehead atoms. The van der Waals surface area contributed by atoms with Crippen molar-refractivity contribution in [2.24, 2.45) is 5.92 Å². The summed E-state index contributed by atoms with van der Waals surface area (Å²) >= 11 is 0. The average molecular weight is 349 g/mol. The number of nitrogens with one attached hydrogen (secondary N) is 1. The molecule has 1 aliphatic carbocycles. The Morgan fingerprint density at radius 2 is 1.96 bits per heavy atom. The summed E-state index contributed by atoms with van der Waals surface area (Å²) in [5.41, 5.74) is 0.352. The molecule has 2 N–H and O–H groups in total. The van der Waals surface area contributed by atoms with Gasteiger partial charge in [0.25, 0.3) is 5.91 Å². The van der Waals surface area contributed by atoms with Gasteiger partial charge in [0.1, 0.15) is 6.04 Å². The van der Waals surface area contributed by atoms with Crippen molar-refractivity contribution in [2.75, 3.05) is 7.11 Å². The summed E-state index contributed by atoms with van der Waals surface area (Å²) in [6.45, 7) is 3.70. The van der Waals surface area contributed by atoms with Crippen LogP contribution in [0.4, 0.5) is 0 Å². The van der Waals surface area contributed by atoms with Gasteiger partial charge in [-0.3, -0.25) is 4.79 Å². The second-order valence-electron chi connectivity index (χ2n) is 6.56. The first-order chi connectivity index (χ1) is 12.0. The van der Waals surface area contributed by atoms with Gasteiger partial charge in [-0.05, 0) is 49.8 Å². The molecule has 6 nitrogen and oxygen atoms in total. The number of ether oxygens (including phenoxy) is 2. The fourth-order valence-electron chi connectivity index (χ4n) is 3.00. The molecule has 1 aromatic rings. The molecule has 0 spiro atoms. The van der Waals surface area contributed by atoms with Crippen LogP contribution in [0.3, 0.4) is 0 Å². The normalized spacial score (nSPS) is 16.9. The van der Waals surface area contributed by atoms with Crippen LogP contribution >= 0.6 is 0 Å². The molecule has 0 aromatic heterocycles. The maximum atomic E-state index is 12.4. The minimum Gasteiger partial charge on any atom is -0.493 e. The van der Waals surface area contributed by atoms with E-state index in [1.807, 2.05) is 6.92 Å². The molecule has 2 rings (SSSR count). The van der Waals surface area contributed by atoms with Gasteiger partial charge < -0.3 is 19.9 Å². The zero-order chi connectivity index (χ0) is 18.4. The lowest BCUT2D eigenvalue weighted by Crippen LogP contribution is -2.45. The summed E-state index contributed by atoms with van der Waals surface area (Å²) in [7, 11) is 1.53. The molecule has 0 unspecified atom stereocenters. The second-order valence-corrected chi connectivity index (χ2v) is 6.56. The number of carboxylic acids is 1. The highest BCUT2D eigenvalue weighted by Crippen LogP contribution is 2.32. The van der Waals surface area contributed by atoms with Gasteiger partial charge >= 0.3 is 5.97 Å². The van der Waals surface area contributed by atoms with E-state index in [9.17, 15) is 14.7 Å². The van der Waals surface area contributed by atoms with Crippen LogP contribution in [-0.2, 0) is 4.79 Å². The van der Waals surface area contributed by atoms with Crippen molar-refractivity contribution in [2.45, 2.75) is 58.1 Å². The molecule has 1 fully saturated rings. The van der Waals surface area contributed by atoms with Crippen LogP contribution in [0.15, 0.2) is 18.2 Å². The van der Waals surface area contributed by atoms with Gasteiger partial charge in [-0.1, -0.05) is 20.3 Å². The molecule has 25 heavy (non-hydrogen) atoms. The predicted octanol–water partition coefficient (Wildman–Crippen LogP) is 3.25. The van der Waals surface area contributed by atoms with Gasteiger partial charge in [-0.15, -0.1) is 0 Å². The maximum absolute atomic E-state index is 12.4. The summed E-state index contributed by atoms with van der Waals surface area (Å²) in [6.07, 6.45) is 5.24. The minimum atomic E-state index is -1.03. The topological polar surface area (TPSA) is 84.9 Å². The molecule has 1 aliphatic rings. The fraction of sp³-hybridized carbons (Fsp3) is 0.579. The summed E-state index contributed by atoms with van der Waals surface area (Å²) in [5, 5.41) is 11.9. The Hall–Kier alpha value is -2.24. The first-order valence-corrected chi connectivity index (χ1v) is 8.84. The van der Waals surface area contributed by atoms with E-state index in [4.69, 9.17) is 9.47 Å². The van der Waals surface area contributed by atoms with E-state index >= 15 is 0 Å². The SMILES string of the molecule is CC[C@H](C)[C@H](NC(=O)c1ccc(OC2CCCC2)c(OC)c1)C(=O)O. The molecule has 1 saturated carbocycles. The summed E-state index contributed by atoms with van der Waals surface area (Å²) in [6, 6.07) is 4.02. The van der Waals surface area contributed by atoms with E-state index < -0.39 is 17.9 Å². The highest BCUT2D eigenvalue weighted by atomic mass is 16.5. The molecule has 0 heterocycles. The van der Waals surface area contributed by atoms with Gasteiger partial charge in [0, 0.05) is 5.56 Å². The average Bonchev–Trinajstić information content (AvgIpc) is 3.11. The summed E-state index contributed by atoms with van der Waals surface area (Å²) in [4.78, 5) is 23.8. The largest absolute Gasteiger partial charge is 0.493 e. The van der Waals surface area contributed by atoms with E-state index in [-0.39, 0.29) is 12.0 Å². The number of carbonyl (C=O) groups excluding carboxylic acids is 1. The quantitative estimate of drug-likeness (QED) is 0.752. The van der Waals surface area contributed by atoms with Gasteiger partial charge in [-0.2, -0.15) is 0 Å². The second kappa shape index (κ2) is 8.74. The van der Waals surface area contributed by atoms with E-state index in [0.717, 1.165) is 12.8 Å². The zero-order valence-electron chi connectivity index (χ0n) is 15.1. The van der Waals surface area contributed by atoms with Crippen LogP contribution in [0.2, 0.25) is 0 Å². The lowest BCUT2D eigenvalue weighted by molar-refractivity contribution is -0.140. The molecule has 0 saturated heterocycles. The Labute approximate surface area is 148 Å². The zero-order valence-corrected chi connectivity index (χ0v) is 15.1.